The molecule has 0 aliphatic carbocycles. The van der Waals surface area contributed by atoms with Crippen LogP contribution in [0.15, 0.2) is 91.0 Å². The van der Waals surface area contributed by atoms with Crippen molar-refractivity contribution in [3.05, 3.63) is 102 Å². The van der Waals surface area contributed by atoms with Crippen LogP contribution in [0.4, 0.5) is 0 Å². The molecular formula is C28H21Cl2P. The summed E-state index contributed by atoms with van der Waals surface area (Å²) in [6, 6.07) is 32.2. The van der Waals surface area contributed by atoms with Gasteiger partial charge < -0.3 is 0 Å². The smallest absolute Gasteiger partial charge is 0.0727 e. The molecule has 0 N–H and O–H groups in total. The van der Waals surface area contributed by atoms with Crippen LogP contribution in [0.3, 0.4) is 0 Å². The quantitative estimate of drug-likeness (QED) is 0.236. The van der Waals surface area contributed by atoms with E-state index in [2.05, 4.69) is 105 Å². The van der Waals surface area contributed by atoms with Crippen molar-refractivity contribution in [2.45, 2.75) is 13.8 Å². The second-order valence-electron chi connectivity index (χ2n) is 7.89. The highest BCUT2D eigenvalue weighted by Gasteiger charge is 2.22. The third-order valence-corrected chi connectivity index (χ3v) is 7.85. The second kappa shape index (κ2) is 8.29. The van der Waals surface area contributed by atoms with Crippen LogP contribution in [0, 0.1) is 13.8 Å². The fraction of sp³-hybridized carbons (Fsp3) is 0.0714. The minimum absolute atomic E-state index is 1.03. The van der Waals surface area contributed by atoms with E-state index in [-0.39, 0.29) is 0 Å². The summed E-state index contributed by atoms with van der Waals surface area (Å²) >= 11 is 13.5. The van der Waals surface area contributed by atoms with Gasteiger partial charge in [-0.2, -0.15) is 0 Å². The maximum absolute atomic E-state index is 6.75. The fourth-order valence-corrected chi connectivity index (χ4v) is 6.43. The monoisotopic (exact) mass is 458 g/mol. The normalized spacial score (nSPS) is 11.5. The van der Waals surface area contributed by atoms with Gasteiger partial charge in [0.15, 0.2) is 0 Å². The Bertz CT molecular complexity index is 1330. The lowest BCUT2D eigenvalue weighted by Gasteiger charge is -2.21. The number of benzene rings is 5. The SMILES string of the molecule is Cc1ccc2ccccc2c1-c1cccc(-c2c(C)ccc3ccccc23)c1P(Cl)Cl. The molecule has 0 aliphatic rings. The summed E-state index contributed by atoms with van der Waals surface area (Å²) in [5.41, 5.74) is 7.10. The number of hydrogen-bond acceptors (Lipinski definition) is 0. The largest absolute Gasteiger partial charge is 0.118 e. The fourth-order valence-electron chi connectivity index (χ4n) is 4.61. The number of fused-ring (bicyclic) bond motifs is 2. The molecule has 0 saturated carbocycles. The minimum Gasteiger partial charge on any atom is -0.0727 e. The lowest BCUT2D eigenvalue weighted by molar-refractivity contribution is 1.48. The Hall–Kier alpha value is -2.37. The van der Waals surface area contributed by atoms with Gasteiger partial charge in [-0.3, -0.25) is 0 Å². The van der Waals surface area contributed by atoms with Gasteiger partial charge in [0.05, 0.1) is 0 Å². The first-order valence-electron chi connectivity index (χ1n) is 10.3. The van der Waals surface area contributed by atoms with E-state index in [1.807, 2.05) is 0 Å². The molecule has 0 heterocycles. The van der Waals surface area contributed by atoms with Gasteiger partial charge in [0.2, 0.25) is 0 Å². The number of halogens is 2. The Balaban J connectivity index is 1.90. The summed E-state index contributed by atoms with van der Waals surface area (Å²) in [7, 11) is 0. The van der Waals surface area contributed by atoms with Crippen LogP contribution < -0.4 is 5.30 Å². The highest BCUT2D eigenvalue weighted by atomic mass is 35.9. The summed E-state index contributed by atoms with van der Waals surface area (Å²) in [5.74, 6) is 0. The van der Waals surface area contributed by atoms with Crippen molar-refractivity contribution in [2.75, 3.05) is 0 Å². The predicted octanol–water partition coefficient (Wildman–Crippen LogP) is 9.36. The average Bonchev–Trinajstić information content (AvgIpc) is 2.78. The van der Waals surface area contributed by atoms with Crippen molar-refractivity contribution in [2.24, 2.45) is 0 Å². The minimum atomic E-state index is -1.38. The standard InChI is InChI=1S/C28H21Cl2P/c1-18-14-16-20-8-3-5-10-22(20)26(18)24-12-7-13-25(28(24)31(29)30)27-19(2)15-17-21-9-4-6-11-23(21)27/h3-17H,1-2H3. The zero-order chi connectivity index (χ0) is 21.5. The lowest BCUT2D eigenvalue weighted by Crippen LogP contribution is -2.08. The maximum Gasteiger partial charge on any atom is 0.118 e. The predicted molar refractivity (Wildman–Crippen MR) is 140 cm³/mol. The van der Waals surface area contributed by atoms with Crippen LogP contribution in [0.5, 0.6) is 0 Å². The summed E-state index contributed by atoms with van der Waals surface area (Å²) < 4.78 is 0. The van der Waals surface area contributed by atoms with Crippen LogP contribution in [0.1, 0.15) is 11.1 Å². The van der Waals surface area contributed by atoms with E-state index in [1.165, 1.54) is 43.8 Å². The molecule has 0 aliphatic heterocycles. The van der Waals surface area contributed by atoms with Crippen LogP contribution in [-0.2, 0) is 0 Å². The second-order valence-corrected chi connectivity index (χ2v) is 11.4. The zero-order valence-corrected chi connectivity index (χ0v) is 19.8. The third kappa shape index (κ3) is 3.54. The molecule has 5 aromatic carbocycles. The highest BCUT2D eigenvalue weighted by Crippen LogP contribution is 2.52. The summed E-state index contributed by atoms with van der Waals surface area (Å²) in [4.78, 5) is 0. The number of hydrogen-bond donors (Lipinski definition) is 0. The maximum atomic E-state index is 6.75. The Morgan fingerprint density at radius 1 is 0.516 bits per heavy atom. The third-order valence-electron chi connectivity index (χ3n) is 6.02. The molecule has 152 valence electrons. The van der Waals surface area contributed by atoms with Gasteiger partial charge in [0, 0.05) is 5.30 Å². The first-order chi connectivity index (χ1) is 15.1. The van der Waals surface area contributed by atoms with Gasteiger partial charge in [-0.15, -0.1) is 0 Å². The molecule has 0 bridgehead atoms. The van der Waals surface area contributed by atoms with E-state index in [9.17, 15) is 0 Å². The lowest BCUT2D eigenvalue weighted by atomic mass is 9.89. The van der Waals surface area contributed by atoms with Gasteiger partial charge in [-0.25, -0.2) is 0 Å². The van der Waals surface area contributed by atoms with Crippen molar-refractivity contribution in [3.8, 4) is 22.3 Å². The Kier molecular flexibility index (Phi) is 5.49. The molecule has 31 heavy (non-hydrogen) atoms. The van der Waals surface area contributed by atoms with Crippen LogP contribution in [-0.4, -0.2) is 0 Å². The van der Waals surface area contributed by atoms with E-state index in [0.717, 1.165) is 16.4 Å². The van der Waals surface area contributed by atoms with Crippen LogP contribution in [0.25, 0.3) is 43.8 Å². The van der Waals surface area contributed by atoms with Gasteiger partial charge >= 0.3 is 0 Å². The van der Waals surface area contributed by atoms with Gasteiger partial charge in [-0.05, 0) is 68.8 Å². The molecule has 0 amide bonds. The molecule has 0 spiro atoms. The van der Waals surface area contributed by atoms with Gasteiger partial charge in [0.1, 0.15) is 6.63 Å². The molecule has 5 aromatic rings. The number of rotatable bonds is 3. The van der Waals surface area contributed by atoms with Crippen molar-refractivity contribution in [1.82, 2.24) is 0 Å². The van der Waals surface area contributed by atoms with Crippen LogP contribution >= 0.6 is 29.1 Å². The van der Waals surface area contributed by atoms with E-state index in [0.29, 0.717) is 0 Å². The Morgan fingerprint density at radius 2 is 0.968 bits per heavy atom. The molecule has 5 rings (SSSR count). The summed E-state index contributed by atoms with van der Waals surface area (Å²) in [6.45, 7) is 2.94. The molecule has 0 radical (unpaired) electrons. The molecule has 0 nitrogen and oxygen atoms in total. The highest BCUT2D eigenvalue weighted by molar-refractivity contribution is 8.09. The van der Waals surface area contributed by atoms with Crippen molar-refractivity contribution < 1.29 is 0 Å². The Labute approximate surface area is 193 Å². The molecular weight excluding hydrogens is 438 g/mol. The van der Waals surface area contributed by atoms with E-state index >= 15 is 0 Å². The molecule has 0 fully saturated rings. The number of aryl methyl sites for hydroxylation is 2. The van der Waals surface area contributed by atoms with E-state index < -0.39 is 6.63 Å². The summed E-state index contributed by atoms with van der Waals surface area (Å²) in [5, 5.41) is 5.91. The topological polar surface area (TPSA) is 0 Å². The van der Waals surface area contributed by atoms with E-state index in [4.69, 9.17) is 22.5 Å². The summed E-state index contributed by atoms with van der Waals surface area (Å²) in [6.07, 6.45) is 0. The molecule has 0 saturated heterocycles. The molecule has 0 atom stereocenters. The Morgan fingerprint density at radius 3 is 1.42 bits per heavy atom. The van der Waals surface area contributed by atoms with Crippen molar-refractivity contribution >= 4 is 56.0 Å². The molecule has 3 heteroatoms. The zero-order valence-electron chi connectivity index (χ0n) is 17.4. The van der Waals surface area contributed by atoms with Gasteiger partial charge in [0.25, 0.3) is 0 Å². The van der Waals surface area contributed by atoms with E-state index in [1.54, 1.807) is 0 Å². The van der Waals surface area contributed by atoms with Gasteiger partial charge in [-0.1, -0.05) is 113 Å². The van der Waals surface area contributed by atoms with Crippen LogP contribution in [0.2, 0.25) is 0 Å². The first-order valence-corrected chi connectivity index (χ1v) is 13.4. The average molecular weight is 459 g/mol. The van der Waals surface area contributed by atoms with Crippen molar-refractivity contribution in [1.29, 1.82) is 0 Å². The molecule has 0 aromatic heterocycles. The molecule has 0 unspecified atom stereocenters. The van der Waals surface area contributed by atoms with Crippen molar-refractivity contribution in [3.63, 3.8) is 0 Å². The first kappa shape index (κ1) is 20.5.